The zero-order valence-corrected chi connectivity index (χ0v) is 13.4. The van der Waals surface area contributed by atoms with E-state index in [4.69, 9.17) is 11.5 Å². The highest BCUT2D eigenvalue weighted by Crippen LogP contribution is 2.41. The van der Waals surface area contributed by atoms with Crippen LogP contribution in [0.4, 0.5) is 10.1 Å². The molecule has 0 saturated heterocycles. The van der Waals surface area contributed by atoms with Crippen molar-refractivity contribution in [2.75, 3.05) is 4.90 Å². The van der Waals surface area contributed by atoms with Crippen molar-refractivity contribution in [2.24, 2.45) is 21.5 Å². The van der Waals surface area contributed by atoms with Crippen molar-refractivity contribution in [3.63, 3.8) is 0 Å². The molecule has 1 heterocycles. The fourth-order valence-corrected chi connectivity index (χ4v) is 3.66. The van der Waals surface area contributed by atoms with E-state index in [1.165, 1.54) is 6.07 Å². The Bertz CT molecular complexity index is 664. The van der Waals surface area contributed by atoms with Gasteiger partial charge in [-0.05, 0) is 50.3 Å². The summed E-state index contributed by atoms with van der Waals surface area (Å²) in [5.74, 6) is 0.131. The first-order chi connectivity index (χ1) is 10.4. The molecule has 118 valence electrons. The van der Waals surface area contributed by atoms with E-state index < -0.39 is 5.66 Å². The number of anilines is 1. The van der Waals surface area contributed by atoms with Crippen LogP contribution in [-0.2, 0) is 0 Å². The van der Waals surface area contributed by atoms with Crippen LogP contribution in [0.3, 0.4) is 0 Å². The zero-order chi connectivity index (χ0) is 15.9. The molecule has 2 aliphatic rings. The summed E-state index contributed by atoms with van der Waals surface area (Å²) in [6.45, 7) is 1.71. The highest BCUT2D eigenvalue weighted by atomic mass is 32.1. The van der Waals surface area contributed by atoms with Gasteiger partial charge in [-0.1, -0.05) is 6.42 Å². The number of halogens is 1. The van der Waals surface area contributed by atoms with Crippen molar-refractivity contribution in [2.45, 2.75) is 49.6 Å². The molecule has 1 aliphatic heterocycles. The maximum atomic E-state index is 14.1. The molecular weight excluding hydrogens is 301 g/mol. The van der Waals surface area contributed by atoms with E-state index in [0.29, 0.717) is 16.1 Å². The van der Waals surface area contributed by atoms with Crippen LogP contribution >= 0.6 is 12.6 Å². The number of aliphatic imine (C=N–C) groups is 2. The molecule has 0 unspecified atom stereocenters. The third-order valence-electron chi connectivity index (χ3n) is 4.35. The van der Waals surface area contributed by atoms with E-state index in [9.17, 15) is 4.39 Å². The van der Waals surface area contributed by atoms with E-state index in [-0.39, 0.29) is 17.7 Å². The van der Waals surface area contributed by atoms with Gasteiger partial charge in [0.2, 0.25) is 11.9 Å². The Hall–Kier alpha value is -1.76. The van der Waals surface area contributed by atoms with Gasteiger partial charge in [0.05, 0.1) is 5.69 Å². The normalized spacial score (nSPS) is 20.8. The Balaban J connectivity index is 2.14. The topological polar surface area (TPSA) is 80.0 Å². The Morgan fingerprint density at radius 2 is 1.91 bits per heavy atom. The largest absolute Gasteiger partial charge is 0.369 e. The van der Waals surface area contributed by atoms with Crippen LogP contribution in [0.5, 0.6) is 0 Å². The average Bonchev–Trinajstić information content (AvgIpc) is 2.44. The fraction of sp³-hybridized carbons (Fsp3) is 0.467. The number of rotatable bonds is 1. The van der Waals surface area contributed by atoms with Crippen molar-refractivity contribution in [1.82, 2.24) is 0 Å². The smallest absolute Gasteiger partial charge is 0.220 e. The van der Waals surface area contributed by atoms with E-state index in [0.717, 1.165) is 32.1 Å². The van der Waals surface area contributed by atoms with E-state index in [1.807, 2.05) is 0 Å². The molecule has 0 amide bonds. The Kier molecular flexibility index (Phi) is 3.76. The van der Waals surface area contributed by atoms with Gasteiger partial charge in [-0.3, -0.25) is 4.90 Å². The summed E-state index contributed by atoms with van der Waals surface area (Å²) >= 11 is 4.49. The van der Waals surface area contributed by atoms with Gasteiger partial charge in [0, 0.05) is 4.90 Å². The molecule has 0 bridgehead atoms. The highest BCUT2D eigenvalue weighted by molar-refractivity contribution is 7.80. The minimum absolute atomic E-state index is 0.184. The maximum Gasteiger partial charge on any atom is 0.220 e. The molecule has 0 atom stereocenters. The standard InChI is InChI=1S/C15H20FN5S/c1-9-7-12(22)11(8-10(9)16)21-14(18)19-13(17)20-15(21)5-3-2-4-6-15/h7-8,22H,2-6H2,1H3,(H4,17,18,19,20). The Morgan fingerprint density at radius 1 is 1.23 bits per heavy atom. The first-order valence-electron chi connectivity index (χ1n) is 7.42. The summed E-state index contributed by atoms with van der Waals surface area (Å²) in [4.78, 5) is 11.1. The van der Waals surface area contributed by atoms with Crippen molar-refractivity contribution in [3.8, 4) is 0 Å². The molecular formula is C15H20FN5S. The van der Waals surface area contributed by atoms with Gasteiger partial charge in [-0.25, -0.2) is 9.38 Å². The predicted octanol–water partition coefficient (Wildman–Crippen LogP) is 2.53. The molecule has 1 fully saturated rings. The summed E-state index contributed by atoms with van der Waals surface area (Å²) in [6, 6.07) is 3.15. The first-order valence-corrected chi connectivity index (χ1v) is 7.86. The summed E-state index contributed by atoms with van der Waals surface area (Å²) in [5, 5.41) is 0. The summed E-state index contributed by atoms with van der Waals surface area (Å²) in [7, 11) is 0. The van der Waals surface area contributed by atoms with Gasteiger partial charge in [-0.15, -0.1) is 12.6 Å². The van der Waals surface area contributed by atoms with Gasteiger partial charge in [0.1, 0.15) is 11.5 Å². The molecule has 1 aromatic carbocycles. The number of nitrogens with two attached hydrogens (primary N) is 2. The third kappa shape index (κ3) is 2.43. The number of guanidine groups is 2. The van der Waals surface area contributed by atoms with Gasteiger partial charge in [0.25, 0.3) is 0 Å². The molecule has 1 aromatic rings. The molecule has 1 spiro atoms. The summed E-state index contributed by atoms with van der Waals surface area (Å²) in [6.07, 6.45) is 4.82. The lowest BCUT2D eigenvalue weighted by Crippen LogP contribution is -2.58. The van der Waals surface area contributed by atoms with Crippen LogP contribution in [0.1, 0.15) is 37.7 Å². The van der Waals surface area contributed by atoms with Crippen LogP contribution in [0.25, 0.3) is 0 Å². The van der Waals surface area contributed by atoms with Crippen LogP contribution in [0, 0.1) is 12.7 Å². The molecule has 0 aromatic heterocycles. The predicted molar refractivity (Wildman–Crippen MR) is 89.9 cm³/mol. The molecule has 3 rings (SSSR count). The molecule has 1 saturated carbocycles. The number of benzene rings is 1. The number of aryl methyl sites for hydroxylation is 1. The SMILES string of the molecule is Cc1cc(S)c(N2C(N)=NC(N)=NC23CCCCC3)cc1F. The second-order valence-corrected chi connectivity index (χ2v) is 6.39. The van der Waals surface area contributed by atoms with Gasteiger partial charge in [-0.2, -0.15) is 4.99 Å². The molecule has 22 heavy (non-hydrogen) atoms. The second-order valence-electron chi connectivity index (χ2n) is 5.91. The van der Waals surface area contributed by atoms with E-state index in [1.54, 1.807) is 17.9 Å². The van der Waals surface area contributed by atoms with Crippen LogP contribution < -0.4 is 16.4 Å². The minimum atomic E-state index is -0.576. The third-order valence-corrected chi connectivity index (χ3v) is 4.71. The number of thiol groups is 1. The second kappa shape index (κ2) is 5.46. The number of hydrogen-bond acceptors (Lipinski definition) is 6. The number of nitrogens with zero attached hydrogens (tertiary/aromatic N) is 3. The van der Waals surface area contributed by atoms with Crippen molar-refractivity contribution in [1.29, 1.82) is 0 Å². The van der Waals surface area contributed by atoms with Gasteiger partial charge >= 0.3 is 0 Å². The Morgan fingerprint density at radius 3 is 2.59 bits per heavy atom. The van der Waals surface area contributed by atoms with Crippen LogP contribution in [0.2, 0.25) is 0 Å². The maximum absolute atomic E-state index is 14.1. The lowest BCUT2D eigenvalue weighted by atomic mass is 9.87. The monoisotopic (exact) mass is 321 g/mol. The minimum Gasteiger partial charge on any atom is -0.369 e. The summed E-state index contributed by atoms with van der Waals surface area (Å²) in [5.41, 5.74) is 12.5. The van der Waals surface area contributed by atoms with Crippen LogP contribution in [-0.4, -0.2) is 17.6 Å². The molecule has 1 aliphatic carbocycles. The lowest BCUT2D eigenvalue weighted by Gasteiger charge is -2.46. The van der Waals surface area contributed by atoms with Crippen molar-refractivity contribution < 1.29 is 4.39 Å². The van der Waals surface area contributed by atoms with Crippen LogP contribution in [0.15, 0.2) is 27.0 Å². The lowest BCUT2D eigenvalue weighted by molar-refractivity contribution is 0.304. The quantitative estimate of drug-likeness (QED) is 0.695. The van der Waals surface area contributed by atoms with Crippen molar-refractivity contribution >= 4 is 30.2 Å². The van der Waals surface area contributed by atoms with E-state index in [2.05, 4.69) is 22.6 Å². The molecule has 7 heteroatoms. The number of hydrogen-bond donors (Lipinski definition) is 3. The average molecular weight is 321 g/mol. The van der Waals surface area contributed by atoms with Gasteiger partial charge < -0.3 is 11.5 Å². The fourth-order valence-electron chi connectivity index (χ4n) is 3.30. The van der Waals surface area contributed by atoms with E-state index >= 15 is 0 Å². The molecule has 5 nitrogen and oxygen atoms in total. The molecule has 0 radical (unpaired) electrons. The highest BCUT2D eigenvalue weighted by Gasteiger charge is 2.43. The first kappa shape index (κ1) is 15.1. The van der Waals surface area contributed by atoms with Crippen molar-refractivity contribution in [3.05, 3.63) is 23.5 Å². The zero-order valence-electron chi connectivity index (χ0n) is 12.5. The van der Waals surface area contributed by atoms with Gasteiger partial charge in [0.15, 0.2) is 0 Å². The molecule has 4 N–H and O–H groups in total. The summed E-state index contributed by atoms with van der Waals surface area (Å²) < 4.78 is 14.1. The Labute approximate surface area is 134 Å².